The summed E-state index contributed by atoms with van der Waals surface area (Å²) in [6, 6.07) is 10.4. The topological polar surface area (TPSA) is 47.3 Å². The lowest BCUT2D eigenvalue weighted by atomic mass is 9.94. The molecule has 0 atom stereocenters. The fourth-order valence-corrected chi connectivity index (χ4v) is 3.90. The zero-order valence-corrected chi connectivity index (χ0v) is 15.3. The number of allylic oxidation sites excluding steroid dienone is 2. The number of nitrogens with zero attached hydrogens (tertiary/aromatic N) is 3. The predicted molar refractivity (Wildman–Crippen MR) is 104 cm³/mol. The summed E-state index contributed by atoms with van der Waals surface area (Å²) in [5.74, 6) is 0.0755. The van der Waals surface area contributed by atoms with E-state index in [4.69, 9.17) is 5.26 Å². The molecule has 1 saturated heterocycles. The molecule has 26 heavy (non-hydrogen) atoms. The first-order chi connectivity index (χ1) is 12.8. The normalized spacial score (nSPS) is 19.9. The largest absolute Gasteiger partial charge is 0.337 e. The van der Waals surface area contributed by atoms with E-state index in [-0.39, 0.29) is 5.91 Å². The fourth-order valence-electron chi connectivity index (χ4n) is 3.90. The number of carbonyl (C=O) groups excluding carboxylic acids is 1. The summed E-state index contributed by atoms with van der Waals surface area (Å²) >= 11 is 0. The minimum Gasteiger partial charge on any atom is -0.337 e. The van der Waals surface area contributed by atoms with Gasteiger partial charge in [0.15, 0.2) is 0 Å². The van der Waals surface area contributed by atoms with Crippen LogP contribution in [-0.2, 0) is 4.79 Å². The molecule has 1 aliphatic heterocycles. The van der Waals surface area contributed by atoms with Gasteiger partial charge in [-0.1, -0.05) is 55.7 Å². The Balaban J connectivity index is 1.47. The molecule has 1 aromatic carbocycles. The molecule has 2 aliphatic rings. The summed E-state index contributed by atoms with van der Waals surface area (Å²) in [6.07, 6.45) is 13.8. The van der Waals surface area contributed by atoms with Gasteiger partial charge in [-0.15, -0.1) is 0 Å². The van der Waals surface area contributed by atoms with Crippen LogP contribution in [0.3, 0.4) is 0 Å². The molecule has 3 rings (SSSR count). The molecule has 1 amide bonds. The number of nitriles is 1. The van der Waals surface area contributed by atoms with E-state index < -0.39 is 0 Å². The third kappa shape index (κ3) is 4.83. The summed E-state index contributed by atoms with van der Waals surface area (Å²) in [4.78, 5) is 16.9. The number of amides is 1. The lowest BCUT2D eigenvalue weighted by Gasteiger charge is -2.40. The lowest BCUT2D eigenvalue weighted by molar-refractivity contribution is -0.128. The van der Waals surface area contributed by atoms with E-state index in [1.54, 1.807) is 18.2 Å². The Labute approximate surface area is 156 Å². The Morgan fingerprint density at radius 3 is 2.50 bits per heavy atom. The molecule has 1 heterocycles. The van der Waals surface area contributed by atoms with Crippen molar-refractivity contribution >= 4 is 12.0 Å². The van der Waals surface area contributed by atoms with Gasteiger partial charge < -0.3 is 4.90 Å². The van der Waals surface area contributed by atoms with Gasteiger partial charge in [0.25, 0.3) is 0 Å². The monoisotopic (exact) mass is 349 g/mol. The molecule has 0 aromatic heterocycles. The molecular formula is C22H27N3O. The van der Waals surface area contributed by atoms with Gasteiger partial charge in [0.1, 0.15) is 0 Å². The molecule has 4 heteroatoms. The SMILES string of the molecule is N#Cc1ccccc1/C=C/C=C/C(=O)N1CCN(C2CCCCC2)CC1. The van der Waals surface area contributed by atoms with E-state index in [0.29, 0.717) is 5.56 Å². The summed E-state index contributed by atoms with van der Waals surface area (Å²) in [5, 5.41) is 9.08. The van der Waals surface area contributed by atoms with Crippen molar-refractivity contribution in [2.75, 3.05) is 26.2 Å². The van der Waals surface area contributed by atoms with Crippen LogP contribution in [0.25, 0.3) is 6.08 Å². The quantitative estimate of drug-likeness (QED) is 0.616. The first-order valence-electron chi connectivity index (χ1n) is 9.65. The van der Waals surface area contributed by atoms with Crippen LogP contribution in [0.2, 0.25) is 0 Å². The van der Waals surface area contributed by atoms with Crippen molar-refractivity contribution in [3.8, 4) is 6.07 Å². The Morgan fingerprint density at radius 1 is 1.04 bits per heavy atom. The van der Waals surface area contributed by atoms with E-state index in [1.807, 2.05) is 35.3 Å². The van der Waals surface area contributed by atoms with E-state index in [9.17, 15) is 4.79 Å². The van der Waals surface area contributed by atoms with Gasteiger partial charge in [0.2, 0.25) is 5.91 Å². The second kappa shape index (κ2) is 9.35. The fraction of sp³-hybridized carbons (Fsp3) is 0.455. The van der Waals surface area contributed by atoms with Crippen LogP contribution >= 0.6 is 0 Å². The van der Waals surface area contributed by atoms with Gasteiger partial charge in [0, 0.05) is 38.3 Å². The van der Waals surface area contributed by atoms with Gasteiger partial charge in [-0.3, -0.25) is 9.69 Å². The van der Waals surface area contributed by atoms with Gasteiger partial charge >= 0.3 is 0 Å². The highest BCUT2D eigenvalue weighted by Gasteiger charge is 2.26. The molecule has 1 aromatic rings. The van der Waals surface area contributed by atoms with Crippen molar-refractivity contribution in [1.82, 2.24) is 9.80 Å². The Bertz CT molecular complexity index is 702. The van der Waals surface area contributed by atoms with Crippen LogP contribution in [0, 0.1) is 11.3 Å². The van der Waals surface area contributed by atoms with Crippen molar-refractivity contribution in [3.63, 3.8) is 0 Å². The molecule has 0 unspecified atom stereocenters. The highest BCUT2D eigenvalue weighted by Crippen LogP contribution is 2.23. The molecule has 4 nitrogen and oxygen atoms in total. The van der Waals surface area contributed by atoms with Gasteiger partial charge in [-0.05, 0) is 24.5 Å². The molecular weight excluding hydrogens is 322 g/mol. The Morgan fingerprint density at radius 2 is 1.77 bits per heavy atom. The number of rotatable bonds is 4. The number of carbonyl (C=O) groups is 1. The van der Waals surface area contributed by atoms with Crippen LogP contribution in [0.5, 0.6) is 0 Å². The molecule has 0 bridgehead atoms. The Kier molecular flexibility index (Phi) is 6.62. The molecule has 1 saturated carbocycles. The van der Waals surface area contributed by atoms with Crippen LogP contribution in [0.1, 0.15) is 43.2 Å². The smallest absolute Gasteiger partial charge is 0.246 e. The number of benzene rings is 1. The van der Waals surface area contributed by atoms with E-state index in [0.717, 1.165) is 37.8 Å². The summed E-state index contributed by atoms with van der Waals surface area (Å²) in [6.45, 7) is 3.63. The second-order valence-corrected chi connectivity index (χ2v) is 7.07. The van der Waals surface area contributed by atoms with Crippen molar-refractivity contribution in [2.24, 2.45) is 0 Å². The minimum atomic E-state index is 0.0755. The van der Waals surface area contributed by atoms with Gasteiger partial charge in [-0.2, -0.15) is 5.26 Å². The average molecular weight is 349 g/mol. The van der Waals surface area contributed by atoms with Crippen molar-refractivity contribution in [2.45, 2.75) is 38.1 Å². The zero-order valence-electron chi connectivity index (χ0n) is 15.3. The maximum Gasteiger partial charge on any atom is 0.246 e. The standard InChI is InChI=1S/C22H27N3O/c23-18-20-10-5-4-8-19(20)9-6-7-13-22(26)25-16-14-24(15-17-25)21-11-2-1-3-12-21/h4-10,13,21H,1-3,11-12,14-17H2/b9-6+,13-7+. The Hall–Kier alpha value is -2.38. The average Bonchev–Trinajstić information content (AvgIpc) is 2.72. The van der Waals surface area contributed by atoms with Crippen LogP contribution < -0.4 is 0 Å². The minimum absolute atomic E-state index is 0.0755. The summed E-state index contributed by atoms with van der Waals surface area (Å²) in [5.41, 5.74) is 1.51. The van der Waals surface area contributed by atoms with Crippen molar-refractivity contribution in [3.05, 3.63) is 53.6 Å². The number of hydrogen-bond donors (Lipinski definition) is 0. The first kappa shape index (κ1) is 18.4. The highest BCUT2D eigenvalue weighted by atomic mass is 16.2. The summed E-state index contributed by atoms with van der Waals surface area (Å²) < 4.78 is 0. The van der Waals surface area contributed by atoms with E-state index in [2.05, 4.69) is 11.0 Å². The van der Waals surface area contributed by atoms with Gasteiger partial charge in [-0.25, -0.2) is 0 Å². The molecule has 0 N–H and O–H groups in total. The molecule has 0 spiro atoms. The zero-order chi connectivity index (χ0) is 18.2. The number of piperazine rings is 1. The van der Waals surface area contributed by atoms with Crippen LogP contribution in [0.15, 0.2) is 42.5 Å². The van der Waals surface area contributed by atoms with Gasteiger partial charge in [0.05, 0.1) is 11.6 Å². The van der Waals surface area contributed by atoms with Crippen LogP contribution in [-0.4, -0.2) is 47.9 Å². The number of hydrogen-bond acceptors (Lipinski definition) is 3. The highest BCUT2D eigenvalue weighted by molar-refractivity contribution is 5.88. The third-order valence-corrected chi connectivity index (χ3v) is 5.42. The maximum atomic E-state index is 12.3. The van der Waals surface area contributed by atoms with E-state index >= 15 is 0 Å². The molecule has 2 fully saturated rings. The maximum absolute atomic E-state index is 12.3. The predicted octanol–water partition coefficient (Wildman–Crippen LogP) is 3.60. The first-order valence-corrected chi connectivity index (χ1v) is 9.65. The summed E-state index contributed by atoms with van der Waals surface area (Å²) in [7, 11) is 0. The molecule has 0 radical (unpaired) electrons. The van der Waals surface area contributed by atoms with Crippen molar-refractivity contribution < 1.29 is 4.79 Å². The van der Waals surface area contributed by atoms with Crippen LogP contribution in [0.4, 0.5) is 0 Å². The molecule has 136 valence electrons. The lowest BCUT2D eigenvalue weighted by Crippen LogP contribution is -2.52. The van der Waals surface area contributed by atoms with Crippen molar-refractivity contribution in [1.29, 1.82) is 5.26 Å². The second-order valence-electron chi connectivity index (χ2n) is 7.07. The van der Waals surface area contributed by atoms with E-state index in [1.165, 1.54) is 32.1 Å². The third-order valence-electron chi connectivity index (χ3n) is 5.42. The molecule has 1 aliphatic carbocycles.